The van der Waals surface area contributed by atoms with Crippen molar-refractivity contribution in [2.75, 3.05) is 0 Å². The summed E-state index contributed by atoms with van der Waals surface area (Å²) in [6.07, 6.45) is 25.3. The lowest BCUT2D eigenvalue weighted by molar-refractivity contribution is 0.684. The molecule has 2 heteroatoms. The van der Waals surface area contributed by atoms with E-state index in [1.54, 1.807) is 0 Å². The first-order valence-electron chi connectivity index (χ1n) is 17.0. The van der Waals surface area contributed by atoms with Crippen molar-refractivity contribution in [3.8, 4) is 0 Å². The Morgan fingerprint density at radius 3 is 1.70 bits per heavy atom. The van der Waals surface area contributed by atoms with Crippen molar-refractivity contribution >= 4 is 23.3 Å². The number of benzene rings is 2. The van der Waals surface area contributed by atoms with E-state index in [-0.39, 0.29) is 0 Å². The van der Waals surface area contributed by atoms with Crippen molar-refractivity contribution in [1.29, 1.82) is 0 Å². The SMILES string of the molecule is CCCCCCC(C=Nc1cc(CCCCC)cc(CCCCC)c1)=Nc1ccc(CCCC)c(CCCC)c1. The zero-order valence-electron chi connectivity index (χ0n) is 26.9. The van der Waals surface area contributed by atoms with E-state index in [0.29, 0.717) is 0 Å². The van der Waals surface area contributed by atoms with Gasteiger partial charge in [-0.3, -0.25) is 9.98 Å². The third-order valence-corrected chi connectivity index (χ3v) is 7.89. The van der Waals surface area contributed by atoms with Crippen LogP contribution in [0, 0.1) is 0 Å². The monoisotopic (exact) mass is 544 g/mol. The van der Waals surface area contributed by atoms with Crippen LogP contribution >= 0.6 is 0 Å². The molecule has 0 aliphatic heterocycles. The third kappa shape index (κ3) is 13.9. The van der Waals surface area contributed by atoms with Crippen LogP contribution in [-0.2, 0) is 25.7 Å². The van der Waals surface area contributed by atoms with Gasteiger partial charge in [-0.25, -0.2) is 0 Å². The summed E-state index contributed by atoms with van der Waals surface area (Å²) in [6.45, 7) is 11.4. The molecule has 0 heterocycles. The Labute approximate surface area is 248 Å². The lowest BCUT2D eigenvalue weighted by Crippen LogP contribution is -2.01. The lowest BCUT2D eigenvalue weighted by atomic mass is 9.97. The van der Waals surface area contributed by atoms with Crippen molar-refractivity contribution in [1.82, 2.24) is 0 Å². The summed E-state index contributed by atoms with van der Waals surface area (Å²) in [5, 5.41) is 0. The van der Waals surface area contributed by atoms with Gasteiger partial charge < -0.3 is 0 Å². The Bertz CT molecular complexity index is 972. The molecule has 2 rings (SSSR count). The fourth-order valence-electron chi connectivity index (χ4n) is 5.35. The lowest BCUT2D eigenvalue weighted by Gasteiger charge is -2.11. The van der Waals surface area contributed by atoms with Gasteiger partial charge in [0, 0.05) is 6.21 Å². The van der Waals surface area contributed by atoms with E-state index in [9.17, 15) is 0 Å². The first kappa shape index (κ1) is 34.0. The first-order chi connectivity index (χ1) is 19.6. The summed E-state index contributed by atoms with van der Waals surface area (Å²) >= 11 is 0. The van der Waals surface area contributed by atoms with Crippen molar-refractivity contribution in [3.63, 3.8) is 0 Å². The van der Waals surface area contributed by atoms with Gasteiger partial charge in [0.15, 0.2) is 0 Å². The van der Waals surface area contributed by atoms with Crippen LogP contribution in [0.1, 0.15) is 153 Å². The maximum Gasteiger partial charge on any atom is 0.0636 e. The topological polar surface area (TPSA) is 24.7 Å². The molecule has 2 aromatic rings. The molecular formula is C38H60N2. The summed E-state index contributed by atoms with van der Waals surface area (Å²) in [6, 6.07) is 14.0. The number of hydrogen-bond donors (Lipinski definition) is 0. The summed E-state index contributed by atoms with van der Waals surface area (Å²) in [4.78, 5) is 10.2. The van der Waals surface area contributed by atoms with Crippen LogP contribution in [0.5, 0.6) is 0 Å². The van der Waals surface area contributed by atoms with E-state index in [4.69, 9.17) is 9.98 Å². The average molecular weight is 545 g/mol. The second-order valence-corrected chi connectivity index (χ2v) is 11.8. The molecule has 2 aromatic carbocycles. The Morgan fingerprint density at radius 1 is 0.525 bits per heavy atom. The normalized spacial score (nSPS) is 12.1. The van der Waals surface area contributed by atoms with Crippen molar-refractivity contribution in [2.45, 2.75) is 157 Å². The van der Waals surface area contributed by atoms with Crippen LogP contribution < -0.4 is 0 Å². The Morgan fingerprint density at radius 2 is 1.10 bits per heavy atom. The molecule has 222 valence electrons. The van der Waals surface area contributed by atoms with Gasteiger partial charge in [-0.2, -0.15) is 0 Å². The molecule has 0 aliphatic carbocycles. The smallest absolute Gasteiger partial charge is 0.0636 e. The Kier molecular flexibility index (Phi) is 18.3. The zero-order chi connectivity index (χ0) is 28.8. The van der Waals surface area contributed by atoms with Crippen LogP contribution in [0.3, 0.4) is 0 Å². The van der Waals surface area contributed by atoms with Gasteiger partial charge in [0.05, 0.1) is 17.1 Å². The van der Waals surface area contributed by atoms with Gasteiger partial charge in [0.2, 0.25) is 0 Å². The number of unbranched alkanes of at least 4 members (excludes halogenated alkanes) is 9. The van der Waals surface area contributed by atoms with Crippen molar-refractivity contribution in [2.24, 2.45) is 9.98 Å². The molecule has 0 fully saturated rings. The second-order valence-electron chi connectivity index (χ2n) is 11.8. The highest BCUT2D eigenvalue weighted by Gasteiger charge is 2.07. The fourth-order valence-corrected chi connectivity index (χ4v) is 5.35. The maximum absolute atomic E-state index is 5.19. The third-order valence-electron chi connectivity index (χ3n) is 7.89. The second kappa shape index (κ2) is 21.5. The molecule has 40 heavy (non-hydrogen) atoms. The maximum atomic E-state index is 5.19. The van der Waals surface area contributed by atoms with Crippen molar-refractivity contribution < 1.29 is 0 Å². The highest BCUT2D eigenvalue weighted by atomic mass is 14.8. The van der Waals surface area contributed by atoms with Crippen LogP contribution in [-0.4, -0.2) is 11.9 Å². The molecular weight excluding hydrogens is 484 g/mol. The van der Waals surface area contributed by atoms with E-state index >= 15 is 0 Å². The van der Waals surface area contributed by atoms with Crippen LogP contribution in [0.2, 0.25) is 0 Å². The number of nitrogens with zero attached hydrogens (tertiary/aromatic N) is 2. The number of hydrogen-bond acceptors (Lipinski definition) is 2. The summed E-state index contributed by atoms with van der Waals surface area (Å²) in [5.74, 6) is 0. The van der Waals surface area contributed by atoms with Gasteiger partial charge in [-0.1, -0.05) is 105 Å². The highest BCUT2D eigenvalue weighted by Crippen LogP contribution is 2.24. The van der Waals surface area contributed by atoms with Crippen LogP contribution in [0.4, 0.5) is 11.4 Å². The molecule has 2 nitrogen and oxygen atoms in total. The van der Waals surface area contributed by atoms with Gasteiger partial charge >= 0.3 is 0 Å². The minimum Gasteiger partial charge on any atom is -0.255 e. The highest BCUT2D eigenvalue weighted by molar-refractivity contribution is 6.31. The van der Waals surface area contributed by atoms with E-state index in [0.717, 1.165) is 42.8 Å². The molecule has 0 saturated carbocycles. The number of rotatable bonds is 22. The minimum atomic E-state index is 0.991. The van der Waals surface area contributed by atoms with Crippen molar-refractivity contribution in [3.05, 3.63) is 58.7 Å². The van der Waals surface area contributed by atoms with E-state index in [1.165, 1.54) is 119 Å². The standard InChI is InChI=1S/C38H60N2/c1-6-11-16-19-24-37(40-36-26-25-34(22-14-9-4)35(30-36)23-15-10-5)31-39-38-28-32(20-17-12-7-2)27-33(29-38)21-18-13-8-3/h25-31H,6-24H2,1-5H3. The summed E-state index contributed by atoms with van der Waals surface area (Å²) < 4.78 is 0. The molecule has 0 amide bonds. The summed E-state index contributed by atoms with van der Waals surface area (Å²) in [5.41, 5.74) is 9.21. The first-order valence-corrected chi connectivity index (χ1v) is 17.0. The molecule has 0 aromatic heterocycles. The molecule has 0 bridgehead atoms. The largest absolute Gasteiger partial charge is 0.255 e. The molecule has 0 unspecified atom stereocenters. The molecule has 0 spiro atoms. The minimum absolute atomic E-state index is 0.991. The molecule has 0 saturated heterocycles. The average Bonchev–Trinajstić information content (AvgIpc) is 2.96. The number of aliphatic imine (C=N–C) groups is 2. The molecule has 0 radical (unpaired) electrons. The molecule has 0 aliphatic rings. The predicted molar refractivity (Wildman–Crippen MR) is 181 cm³/mol. The molecule has 0 N–H and O–H groups in total. The van der Waals surface area contributed by atoms with Gasteiger partial charge in [0.25, 0.3) is 0 Å². The summed E-state index contributed by atoms with van der Waals surface area (Å²) in [7, 11) is 0. The van der Waals surface area contributed by atoms with E-state index in [2.05, 4.69) is 77.2 Å². The van der Waals surface area contributed by atoms with Gasteiger partial charge in [-0.15, -0.1) is 0 Å². The quantitative estimate of drug-likeness (QED) is 0.104. The van der Waals surface area contributed by atoms with Crippen LogP contribution in [0.25, 0.3) is 0 Å². The fraction of sp³-hybridized carbons (Fsp3) is 0.632. The van der Waals surface area contributed by atoms with E-state index in [1.807, 2.05) is 0 Å². The van der Waals surface area contributed by atoms with Gasteiger partial charge in [0.1, 0.15) is 0 Å². The predicted octanol–water partition coefficient (Wildman–Crippen LogP) is 12.3. The molecule has 0 atom stereocenters. The van der Waals surface area contributed by atoms with Crippen LogP contribution in [0.15, 0.2) is 46.4 Å². The Hall–Kier alpha value is -2.22. The number of aryl methyl sites for hydroxylation is 4. The van der Waals surface area contributed by atoms with E-state index < -0.39 is 0 Å². The zero-order valence-corrected chi connectivity index (χ0v) is 26.9. The Balaban J connectivity index is 2.35. The van der Waals surface area contributed by atoms with Gasteiger partial charge in [-0.05, 0) is 111 Å².